The van der Waals surface area contributed by atoms with Crippen molar-refractivity contribution in [3.63, 3.8) is 0 Å². The molecular formula is C49H37N5. The van der Waals surface area contributed by atoms with Crippen LogP contribution in [0, 0.1) is 0 Å². The van der Waals surface area contributed by atoms with Crippen molar-refractivity contribution < 1.29 is 11.0 Å². The molecular weight excluding hydrogens is 659 g/mol. The number of aromatic nitrogens is 3. The molecule has 0 aliphatic carbocycles. The van der Waals surface area contributed by atoms with Gasteiger partial charge in [-0.3, -0.25) is 0 Å². The van der Waals surface area contributed by atoms with Crippen molar-refractivity contribution in [2.75, 3.05) is 0 Å². The Hall–Kier alpha value is -7.24. The van der Waals surface area contributed by atoms with Crippen molar-refractivity contribution >= 4 is 11.5 Å². The summed E-state index contributed by atoms with van der Waals surface area (Å²) in [6.07, 6.45) is 2.00. The number of hydrogen-bond donors (Lipinski definition) is 1. The van der Waals surface area contributed by atoms with Gasteiger partial charge in [0.25, 0.3) is 0 Å². The minimum Gasteiger partial charge on any atom is -0.383 e. The van der Waals surface area contributed by atoms with Gasteiger partial charge in [0, 0.05) is 27.8 Å². The van der Waals surface area contributed by atoms with E-state index in [4.69, 9.17) is 23.9 Å². The van der Waals surface area contributed by atoms with Crippen molar-refractivity contribution in [2.45, 2.75) is 6.42 Å². The second-order valence-corrected chi connectivity index (χ2v) is 12.3. The van der Waals surface area contributed by atoms with Gasteiger partial charge in [-0.05, 0) is 52.4 Å². The van der Waals surface area contributed by atoms with Crippen LogP contribution in [0.3, 0.4) is 0 Å². The first kappa shape index (κ1) is 25.7. The summed E-state index contributed by atoms with van der Waals surface area (Å²) >= 11 is 0. The summed E-state index contributed by atoms with van der Waals surface area (Å²) in [7, 11) is 0. The van der Waals surface area contributed by atoms with E-state index in [0.717, 1.165) is 16.7 Å². The molecule has 0 atom stereocenters. The number of rotatable bonds is 10. The third kappa shape index (κ3) is 7.96. The van der Waals surface area contributed by atoms with Crippen LogP contribution in [0.5, 0.6) is 0 Å². The fraction of sp³-hybridized carbons (Fsp3) is 0.0204. The van der Waals surface area contributed by atoms with Gasteiger partial charge < -0.3 is 5.73 Å². The van der Waals surface area contributed by atoms with Crippen LogP contribution >= 0.6 is 0 Å². The number of benzene rings is 7. The zero-order chi connectivity index (χ0) is 43.5. The van der Waals surface area contributed by atoms with Crippen LogP contribution in [0.2, 0.25) is 0 Å². The Bertz CT molecular complexity index is 2960. The van der Waals surface area contributed by atoms with Crippen LogP contribution in [0.15, 0.2) is 205 Å². The molecule has 5 heteroatoms. The lowest BCUT2D eigenvalue weighted by atomic mass is 9.99. The molecule has 0 fully saturated rings. The van der Waals surface area contributed by atoms with Crippen molar-refractivity contribution in [2.24, 2.45) is 10.7 Å². The van der Waals surface area contributed by atoms with E-state index in [-0.39, 0.29) is 51.3 Å². The smallest absolute Gasteiger partial charge is 0.164 e. The molecule has 0 aliphatic heterocycles. The Labute approximate surface area is 327 Å². The van der Waals surface area contributed by atoms with Crippen molar-refractivity contribution in [1.29, 1.82) is 0 Å². The zero-order valence-corrected chi connectivity index (χ0v) is 29.0. The van der Waals surface area contributed by atoms with Crippen LogP contribution in [-0.2, 0) is 6.42 Å². The van der Waals surface area contributed by atoms with Crippen LogP contribution < -0.4 is 5.73 Å². The SMILES string of the molecule is [2H]c1c([2H])c(/C(=C/Cc2ccccc2)N=C(N)c2cccc(-c3ccccc3)c2)c([2H])c(-c2c([2H])c([2H])c([2H])c(-c3nc(-c4ccccc4)nc(-c4ccccc4)n3)c2[2H])c1[2H]. The van der Waals surface area contributed by atoms with Gasteiger partial charge in [-0.25, -0.2) is 19.9 Å². The third-order valence-electron chi connectivity index (χ3n) is 8.56. The number of allylic oxidation sites excluding steroid dienone is 1. The Morgan fingerprint density at radius 3 is 1.63 bits per heavy atom. The normalized spacial score (nSPS) is 13.8. The van der Waals surface area contributed by atoms with E-state index in [9.17, 15) is 2.74 Å². The Morgan fingerprint density at radius 1 is 0.500 bits per heavy atom. The van der Waals surface area contributed by atoms with Crippen LogP contribution in [0.1, 0.15) is 27.7 Å². The van der Waals surface area contributed by atoms with Gasteiger partial charge >= 0.3 is 0 Å². The zero-order valence-electron chi connectivity index (χ0n) is 37.0. The maximum atomic E-state index is 9.67. The number of amidine groups is 1. The van der Waals surface area contributed by atoms with Gasteiger partial charge in [-0.2, -0.15) is 0 Å². The molecule has 5 nitrogen and oxygen atoms in total. The van der Waals surface area contributed by atoms with Crippen LogP contribution in [0.25, 0.3) is 62.1 Å². The van der Waals surface area contributed by atoms with Crippen LogP contribution in [0.4, 0.5) is 0 Å². The summed E-state index contributed by atoms with van der Waals surface area (Å²) in [6, 6.07) is 40.5. The molecule has 8 rings (SSSR count). The molecule has 0 bridgehead atoms. The maximum absolute atomic E-state index is 9.67. The topological polar surface area (TPSA) is 77.0 Å². The van der Waals surface area contributed by atoms with E-state index in [1.807, 2.05) is 140 Å². The highest BCUT2D eigenvalue weighted by Gasteiger charge is 2.14. The van der Waals surface area contributed by atoms with Gasteiger partial charge in [0.05, 0.1) is 16.7 Å². The molecule has 0 unspecified atom stereocenters. The number of aliphatic imine (C=N–C) groups is 1. The molecule has 0 saturated heterocycles. The van der Waals surface area contributed by atoms with Gasteiger partial charge in [0.15, 0.2) is 17.5 Å². The molecule has 0 amide bonds. The van der Waals surface area contributed by atoms with E-state index in [1.54, 1.807) is 12.1 Å². The molecule has 54 heavy (non-hydrogen) atoms. The van der Waals surface area contributed by atoms with Crippen molar-refractivity contribution in [3.8, 4) is 56.4 Å². The minimum absolute atomic E-state index is 0.0684. The summed E-state index contributed by atoms with van der Waals surface area (Å²) in [5.41, 5.74) is 10.3. The lowest BCUT2D eigenvalue weighted by Gasteiger charge is -2.11. The van der Waals surface area contributed by atoms with E-state index in [0.29, 0.717) is 23.1 Å². The van der Waals surface area contributed by atoms with Gasteiger partial charge in [-0.1, -0.05) is 182 Å². The molecule has 1 heterocycles. The molecule has 0 radical (unpaired) electrons. The second kappa shape index (κ2) is 16.0. The summed E-state index contributed by atoms with van der Waals surface area (Å²) in [4.78, 5) is 18.9. The molecule has 0 saturated carbocycles. The quantitative estimate of drug-likeness (QED) is 0.114. The van der Waals surface area contributed by atoms with E-state index >= 15 is 0 Å². The van der Waals surface area contributed by atoms with E-state index in [1.165, 1.54) is 0 Å². The van der Waals surface area contributed by atoms with Gasteiger partial charge in [-0.15, -0.1) is 0 Å². The average Bonchev–Trinajstić information content (AvgIpc) is 3.31. The third-order valence-corrected chi connectivity index (χ3v) is 8.56. The van der Waals surface area contributed by atoms with Gasteiger partial charge in [0.2, 0.25) is 0 Å². The molecule has 0 aliphatic rings. The lowest BCUT2D eigenvalue weighted by molar-refractivity contribution is 1.07. The first-order valence-corrected chi connectivity index (χ1v) is 17.3. The maximum Gasteiger partial charge on any atom is 0.164 e. The number of nitrogens with two attached hydrogens (primary N) is 1. The Balaban J connectivity index is 1.35. The number of hydrogen-bond acceptors (Lipinski definition) is 4. The molecule has 258 valence electrons. The highest BCUT2D eigenvalue weighted by atomic mass is 15.0. The average molecular weight is 704 g/mol. The Kier molecular flexibility index (Phi) is 7.59. The summed E-state index contributed by atoms with van der Waals surface area (Å²) in [6.45, 7) is 0. The Morgan fingerprint density at radius 2 is 1.00 bits per heavy atom. The first-order valence-electron chi connectivity index (χ1n) is 21.3. The fourth-order valence-corrected chi connectivity index (χ4v) is 5.81. The molecule has 0 spiro atoms. The lowest BCUT2D eigenvalue weighted by Crippen LogP contribution is -2.13. The molecule has 2 N–H and O–H groups in total. The van der Waals surface area contributed by atoms with Crippen molar-refractivity contribution in [3.05, 3.63) is 217 Å². The number of nitrogens with zero attached hydrogens (tertiary/aromatic N) is 4. The molecule has 8 aromatic rings. The monoisotopic (exact) mass is 703 g/mol. The standard InChI is InChI=1S/C49H37N5/c50-46(43-28-14-24-39(33-43)36-18-7-2-8-19-36)51-45(31-30-35-16-5-1-6-17-35)42-27-13-25-40(32-42)41-26-15-29-44(34-41)49-53-47(37-20-9-3-10-21-37)52-48(54-49)38-22-11-4-12-23-38/h1-29,31-34H,30H2,(H2,50,51)/b45-31-/i13D,15D,25D,26D,27D,29D,32D,34D. The fourth-order valence-electron chi connectivity index (χ4n) is 5.81. The van der Waals surface area contributed by atoms with E-state index < -0.39 is 48.3 Å². The minimum atomic E-state index is -0.606. The predicted octanol–water partition coefficient (Wildman–Crippen LogP) is 11.2. The van der Waals surface area contributed by atoms with E-state index in [2.05, 4.69) is 9.97 Å². The summed E-state index contributed by atoms with van der Waals surface area (Å²) < 4.78 is 73.7. The summed E-state index contributed by atoms with van der Waals surface area (Å²) in [5, 5.41) is 0. The highest BCUT2D eigenvalue weighted by Crippen LogP contribution is 2.30. The highest BCUT2D eigenvalue weighted by molar-refractivity contribution is 6.01. The molecule has 1 aromatic heterocycles. The molecule has 7 aromatic carbocycles. The van der Waals surface area contributed by atoms with Crippen molar-refractivity contribution in [1.82, 2.24) is 15.0 Å². The second-order valence-electron chi connectivity index (χ2n) is 12.3. The predicted molar refractivity (Wildman–Crippen MR) is 222 cm³/mol. The van der Waals surface area contributed by atoms with Crippen LogP contribution in [-0.4, -0.2) is 20.8 Å². The first-order chi connectivity index (χ1) is 30.0. The largest absolute Gasteiger partial charge is 0.383 e. The van der Waals surface area contributed by atoms with Gasteiger partial charge in [0.1, 0.15) is 5.84 Å². The summed E-state index contributed by atoms with van der Waals surface area (Å²) in [5.74, 6) is 0.429.